The first kappa shape index (κ1) is 13.3. The van der Waals surface area contributed by atoms with Crippen molar-refractivity contribution < 1.29 is 8.42 Å². The second-order valence-electron chi connectivity index (χ2n) is 4.02. The molecule has 0 aliphatic rings. The van der Waals surface area contributed by atoms with Crippen molar-refractivity contribution >= 4 is 37.5 Å². The molecule has 2 aromatic heterocycles. The fraction of sp³-hybridized carbons (Fsp3) is 0.300. The van der Waals surface area contributed by atoms with Crippen molar-refractivity contribution in [2.45, 2.75) is 6.92 Å². The lowest BCUT2D eigenvalue weighted by molar-refractivity contribution is 0.527. The van der Waals surface area contributed by atoms with E-state index in [0.29, 0.717) is 5.69 Å². The van der Waals surface area contributed by atoms with E-state index in [1.807, 2.05) is 6.92 Å². The summed E-state index contributed by atoms with van der Waals surface area (Å²) in [7, 11) is -0.551. The van der Waals surface area contributed by atoms with Crippen molar-refractivity contribution in [3.8, 4) is 0 Å². The molecular formula is C10H13BrN4O2S. The normalized spacial score (nSPS) is 12.3. The largest absolute Gasteiger partial charge is 0.301 e. The summed E-state index contributed by atoms with van der Waals surface area (Å²) in [5.41, 5.74) is 2.09. The second kappa shape index (κ2) is 4.52. The van der Waals surface area contributed by atoms with E-state index < -0.39 is 10.2 Å². The first-order chi connectivity index (χ1) is 8.31. The lowest BCUT2D eigenvalue weighted by atomic mass is 10.4. The predicted molar refractivity (Wildman–Crippen MR) is 73.9 cm³/mol. The van der Waals surface area contributed by atoms with Gasteiger partial charge in [-0.15, -0.1) is 0 Å². The minimum Gasteiger partial charge on any atom is -0.292 e. The van der Waals surface area contributed by atoms with Gasteiger partial charge in [-0.2, -0.15) is 12.7 Å². The maximum absolute atomic E-state index is 11.7. The Morgan fingerprint density at radius 3 is 2.67 bits per heavy atom. The summed E-state index contributed by atoms with van der Waals surface area (Å²) in [6.45, 7) is 1.88. The molecular weight excluding hydrogens is 320 g/mol. The number of nitrogens with zero attached hydrogens (tertiary/aromatic N) is 3. The van der Waals surface area contributed by atoms with Gasteiger partial charge >= 0.3 is 10.2 Å². The Balaban J connectivity index is 2.45. The SMILES string of the molecule is Cc1nc2ccc(NS(=O)(=O)N(C)C)cn2c1Br. The minimum atomic E-state index is -3.49. The van der Waals surface area contributed by atoms with E-state index in [4.69, 9.17) is 0 Å². The number of pyridine rings is 1. The molecule has 0 amide bonds. The van der Waals surface area contributed by atoms with Crippen molar-refractivity contribution in [2.24, 2.45) is 0 Å². The molecule has 1 N–H and O–H groups in total. The van der Waals surface area contributed by atoms with E-state index in [2.05, 4.69) is 25.6 Å². The number of fused-ring (bicyclic) bond motifs is 1. The highest BCUT2D eigenvalue weighted by molar-refractivity contribution is 9.10. The first-order valence-electron chi connectivity index (χ1n) is 5.16. The highest BCUT2D eigenvalue weighted by Gasteiger charge is 2.14. The first-order valence-corrected chi connectivity index (χ1v) is 7.39. The zero-order valence-electron chi connectivity index (χ0n) is 10.2. The van der Waals surface area contributed by atoms with E-state index in [9.17, 15) is 8.42 Å². The molecule has 2 rings (SSSR count). The molecule has 0 radical (unpaired) electrons. The smallest absolute Gasteiger partial charge is 0.292 e. The fourth-order valence-corrected chi connectivity index (χ4v) is 2.41. The molecule has 0 fully saturated rings. The maximum atomic E-state index is 11.7. The van der Waals surface area contributed by atoms with E-state index in [1.54, 1.807) is 22.7 Å². The average Bonchev–Trinajstić information content (AvgIpc) is 2.55. The number of nitrogens with one attached hydrogen (secondary N) is 1. The van der Waals surface area contributed by atoms with Crippen molar-refractivity contribution in [3.05, 3.63) is 28.6 Å². The molecule has 0 unspecified atom stereocenters. The Kier molecular flexibility index (Phi) is 3.35. The van der Waals surface area contributed by atoms with Gasteiger partial charge in [0.05, 0.1) is 11.4 Å². The van der Waals surface area contributed by atoms with Crippen LogP contribution in [0.25, 0.3) is 5.65 Å². The zero-order valence-corrected chi connectivity index (χ0v) is 12.6. The molecule has 0 spiro atoms. The van der Waals surface area contributed by atoms with Gasteiger partial charge in [0.2, 0.25) is 0 Å². The number of rotatable bonds is 3. The Hall–Kier alpha value is -1.12. The third-order valence-corrected chi connectivity index (χ3v) is 4.86. The third kappa shape index (κ3) is 2.36. The van der Waals surface area contributed by atoms with Crippen LogP contribution in [-0.4, -0.2) is 36.2 Å². The molecule has 0 aliphatic carbocycles. The zero-order chi connectivity index (χ0) is 13.5. The molecule has 2 aromatic rings. The Labute approximate surface area is 114 Å². The number of hydrogen-bond acceptors (Lipinski definition) is 3. The highest BCUT2D eigenvalue weighted by Crippen LogP contribution is 2.21. The lowest BCUT2D eigenvalue weighted by Gasteiger charge is -2.13. The molecule has 0 bridgehead atoms. The van der Waals surface area contributed by atoms with Crippen LogP contribution in [0.4, 0.5) is 5.69 Å². The summed E-state index contributed by atoms with van der Waals surface area (Å²) in [6, 6.07) is 3.43. The fourth-order valence-electron chi connectivity index (χ4n) is 1.43. The Morgan fingerprint density at radius 2 is 2.06 bits per heavy atom. The van der Waals surface area contributed by atoms with Crippen molar-refractivity contribution in [1.82, 2.24) is 13.7 Å². The standard InChI is InChI=1S/C10H13BrN4O2S/c1-7-10(11)15-6-8(4-5-9(15)12-7)13-18(16,17)14(2)3/h4-6,13H,1-3H3. The molecule has 6 nitrogen and oxygen atoms in total. The van der Waals surface area contributed by atoms with Gasteiger partial charge in [-0.25, -0.2) is 4.98 Å². The molecule has 98 valence electrons. The van der Waals surface area contributed by atoms with Gasteiger partial charge in [-0.05, 0) is 35.0 Å². The van der Waals surface area contributed by atoms with Gasteiger partial charge in [-0.3, -0.25) is 9.12 Å². The van der Waals surface area contributed by atoms with Crippen LogP contribution >= 0.6 is 15.9 Å². The molecule has 0 saturated carbocycles. The van der Waals surface area contributed by atoms with Crippen LogP contribution in [0, 0.1) is 6.92 Å². The van der Waals surface area contributed by atoms with E-state index in [0.717, 1.165) is 20.2 Å². The van der Waals surface area contributed by atoms with Crippen LogP contribution in [-0.2, 0) is 10.2 Å². The van der Waals surface area contributed by atoms with Crippen molar-refractivity contribution in [2.75, 3.05) is 18.8 Å². The topological polar surface area (TPSA) is 66.7 Å². The summed E-state index contributed by atoms with van der Waals surface area (Å²) >= 11 is 3.41. The molecule has 2 heterocycles. The average molecular weight is 333 g/mol. The van der Waals surface area contributed by atoms with Crippen molar-refractivity contribution in [1.29, 1.82) is 0 Å². The number of aromatic nitrogens is 2. The maximum Gasteiger partial charge on any atom is 0.301 e. The predicted octanol–water partition coefficient (Wildman–Crippen LogP) is 1.62. The van der Waals surface area contributed by atoms with Gasteiger partial charge in [-0.1, -0.05) is 0 Å². The number of anilines is 1. The van der Waals surface area contributed by atoms with Gasteiger partial charge in [0.25, 0.3) is 0 Å². The van der Waals surface area contributed by atoms with Crippen LogP contribution in [0.15, 0.2) is 22.9 Å². The third-order valence-electron chi connectivity index (χ3n) is 2.45. The van der Waals surface area contributed by atoms with E-state index >= 15 is 0 Å². The Morgan fingerprint density at radius 1 is 1.39 bits per heavy atom. The van der Waals surface area contributed by atoms with Crippen molar-refractivity contribution in [3.63, 3.8) is 0 Å². The number of imidazole rings is 1. The summed E-state index contributed by atoms with van der Waals surface area (Å²) in [5.74, 6) is 0. The van der Waals surface area contributed by atoms with E-state index in [-0.39, 0.29) is 0 Å². The van der Waals surface area contributed by atoms with Gasteiger partial charge in [0.15, 0.2) is 0 Å². The number of hydrogen-bond donors (Lipinski definition) is 1. The summed E-state index contributed by atoms with van der Waals surface area (Å²) in [6.07, 6.45) is 1.68. The van der Waals surface area contributed by atoms with Gasteiger partial charge in [0, 0.05) is 20.3 Å². The van der Waals surface area contributed by atoms with Crippen LogP contribution < -0.4 is 4.72 Å². The molecule has 0 saturated heterocycles. The lowest BCUT2D eigenvalue weighted by Crippen LogP contribution is -2.29. The van der Waals surface area contributed by atoms with Crippen LogP contribution in [0.3, 0.4) is 0 Å². The molecule has 0 aromatic carbocycles. The van der Waals surface area contributed by atoms with Crippen LogP contribution in [0.5, 0.6) is 0 Å². The van der Waals surface area contributed by atoms with Crippen LogP contribution in [0.1, 0.15) is 5.69 Å². The molecule has 0 atom stereocenters. The summed E-state index contributed by atoms with van der Waals surface area (Å²) in [5, 5.41) is 0. The highest BCUT2D eigenvalue weighted by atomic mass is 79.9. The number of halogens is 1. The molecule has 18 heavy (non-hydrogen) atoms. The molecule has 8 heteroatoms. The van der Waals surface area contributed by atoms with Gasteiger partial charge in [0.1, 0.15) is 10.3 Å². The summed E-state index contributed by atoms with van der Waals surface area (Å²) < 4.78 is 29.6. The second-order valence-corrected chi connectivity index (χ2v) is 6.66. The molecule has 0 aliphatic heterocycles. The quantitative estimate of drug-likeness (QED) is 0.928. The van der Waals surface area contributed by atoms with Gasteiger partial charge < -0.3 is 0 Å². The minimum absolute atomic E-state index is 0.481. The van der Waals surface area contributed by atoms with E-state index in [1.165, 1.54) is 14.1 Å². The number of aryl methyl sites for hydroxylation is 1. The summed E-state index contributed by atoms with van der Waals surface area (Å²) in [4.78, 5) is 4.31. The Bertz CT molecular complexity index is 693. The van der Waals surface area contributed by atoms with Crippen LogP contribution in [0.2, 0.25) is 0 Å². The monoisotopic (exact) mass is 332 g/mol.